The number of hydrogen-bond acceptors (Lipinski definition) is 5. The number of benzene rings is 1. The molecule has 1 aliphatic rings. The lowest BCUT2D eigenvalue weighted by atomic mass is 10.0. The molecule has 0 spiro atoms. The van der Waals surface area contributed by atoms with Crippen molar-refractivity contribution in [2.24, 2.45) is 0 Å². The highest BCUT2D eigenvalue weighted by Crippen LogP contribution is 2.34. The summed E-state index contributed by atoms with van der Waals surface area (Å²) in [5.74, 6) is 1.30. The number of carbonyl (C=O) groups excluding carboxylic acids is 2. The Labute approximate surface area is 192 Å². The first-order chi connectivity index (χ1) is 15.5. The van der Waals surface area contributed by atoms with Crippen molar-refractivity contribution in [2.45, 2.75) is 39.3 Å². The van der Waals surface area contributed by atoms with Crippen molar-refractivity contribution in [3.8, 4) is 5.75 Å². The van der Waals surface area contributed by atoms with Crippen LogP contribution in [-0.4, -0.2) is 41.3 Å². The maximum absolute atomic E-state index is 13.4. The van der Waals surface area contributed by atoms with E-state index in [1.165, 1.54) is 10.4 Å². The first-order valence-electron chi connectivity index (χ1n) is 10.9. The monoisotopic (exact) mass is 452 g/mol. The van der Waals surface area contributed by atoms with Crippen LogP contribution in [0.1, 0.15) is 41.2 Å². The van der Waals surface area contributed by atoms with Crippen LogP contribution in [-0.2, 0) is 22.6 Å². The first kappa shape index (κ1) is 22.1. The Balaban J connectivity index is 1.50. The van der Waals surface area contributed by atoms with Crippen LogP contribution in [0.25, 0.3) is 0 Å². The molecule has 6 nitrogen and oxygen atoms in total. The summed E-state index contributed by atoms with van der Waals surface area (Å²) in [6, 6.07) is 13.4. The molecule has 0 bridgehead atoms. The van der Waals surface area contributed by atoms with Crippen LogP contribution in [0.3, 0.4) is 0 Å². The number of furan rings is 1. The van der Waals surface area contributed by atoms with Gasteiger partial charge in [0.05, 0.1) is 18.8 Å². The summed E-state index contributed by atoms with van der Waals surface area (Å²) < 4.78 is 11.5. The molecule has 0 aliphatic carbocycles. The third-order valence-electron chi connectivity index (χ3n) is 5.75. The number of aryl methyl sites for hydroxylation is 1. The highest BCUT2D eigenvalue weighted by atomic mass is 32.1. The summed E-state index contributed by atoms with van der Waals surface area (Å²) >= 11 is 1.72. The highest BCUT2D eigenvalue weighted by Gasteiger charge is 2.33. The number of amides is 2. The van der Waals surface area contributed by atoms with Crippen LogP contribution in [0.4, 0.5) is 0 Å². The van der Waals surface area contributed by atoms with Gasteiger partial charge in [-0.15, -0.1) is 11.3 Å². The SMILES string of the molecule is CCC(=O)N(CC(=O)N1CCc2sccc2[C@H]1COc1ccc(C)cc1)Cc1ccco1. The van der Waals surface area contributed by atoms with E-state index in [1.54, 1.807) is 35.5 Å². The van der Waals surface area contributed by atoms with Gasteiger partial charge in [0.2, 0.25) is 11.8 Å². The van der Waals surface area contributed by atoms with E-state index in [0.29, 0.717) is 25.3 Å². The lowest BCUT2D eigenvalue weighted by molar-refractivity contribution is -0.143. The summed E-state index contributed by atoms with van der Waals surface area (Å²) in [4.78, 5) is 30.7. The summed E-state index contributed by atoms with van der Waals surface area (Å²) in [6.45, 7) is 5.14. The van der Waals surface area contributed by atoms with Gasteiger partial charge in [-0.05, 0) is 54.6 Å². The van der Waals surface area contributed by atoms with Gasteiger partial charge in [-0.3, -0.25) is 9.59 Å². The summed E-state index contributed by atoms with van der Waals surface area (Å²) in [6.07, 6.45) is 2.73. The Hall–Kier alpha value is -3.06. The van der Waals surface area contributed by atoms with Gasteiger partial charge in [-0.25, -0.2) is 0 Å². The van der Waals surface area contributed by atoms with E-state index in [0.717, 1.165) is 17.7 Å². The predicted octanol–water partition coefficient (Wildman–Crippen LogP) is 4.59. The molecule has 0 saturated heterocycles. The summed E-state index contributed by atoms with van der Waals surface area (Å²) in [5, 5.41) is 2.07. The fourth-order valence-electron chi connectivity index (χ4n) is 3.98. The largest absolute Gasteiger partial charge is 0.491 e. The van der Waals surface area contributed by atoms with Crippen molar-refractivity contribution in [2.75, 3.05) is 19.7 Å². The molecule has 7 heteroatoms. The second-order valence-electron chi connectivity index (χ2n) is 7.96. The van der Waals surface area contributed by atoms with Gasteiger partial charge >= 0.3 is 0 Å². The molecule has 1 atom stereocenters. The molecule has 0 unspecified atom stereocenters. The van der Waals surface area contributed by atoms with E-state index in [4.69, 9.17) is 9.15 Å². The number of ether oxygens (including phenoxy) is 1. The minimum atomic E-state index is -0.180. The Morgan fingerprint density at radius 1 is 1.22 bits per heavy atom. The average Bonchev–Trinajstić information content (AvgIpc) is 3.49. The molecule has 32 heavy (non-hydrogen) atoms. The number of rotatable bonds is 8. The molecule has 2 aromatic heterocycles. The zero-order chi connectivity index (χ0) is 22.5. The molecule has 3 aromatic rings. The van der Waals surface area contributed by atoms with E-state index >= 15 is 0 Å². The van der Waals surface area contributed by atoms with Crippen LogP contribution < -0.4 is 4.74 Å². The van der Waals surface area contributed by atoms with E-state index < -0.39 is 0 Å². The minimum absolute atomic E-state index is 0.0217. The van der Waals surface area contributed by atoms with E-state index in [2.05, 4.69) is 11.4 Å². The van der Waals surface area contributed by atoms with Gasteiger partial charge in [-0.2, -0.15) is 0 Å². The minimum Gasteiger partial charge on any atom is -0.491 e. The molecule has 2 amide bonds. The molecular formula is C25H28N2O4S. The van der Waals surface area contributed by atoms with Gasteiger partial charge in [0.25, 0.3) is 0 Å². The van der Waals surface area contributed by atoms with Crippen LogP contribution in [0.2, 0.25) is 0 Å². The smallest absolute Gasteiger partial charge is 0.242 e. The van der Waals surface area contributed by atoms with E-state index in [9.17, 15) is 9.59 Å². The maximum Gasteiger partial charge on any atom is 0.242 e. The topological polar surface area (TPSA) is 63.0 Å². The van der Waals surface area contributed by atoms with Crippen molar-refractivity contribution in [3.05, 3.63) is 75.9 Å². The average molecular weight is 453 g/mol. The van der Waals surface area contributed by atoms with Gasteiger partial charge in [0, 0.05) is 17.8 Å². The molecule has 0 radical (unpaired) electrons. The predicted molar refractivity (Wildman–Crippen MR) is 124 cm³/mol. The van der Waals surface area contributed by atoms with Crippen LogP contribution in [0, 0.1) is 6.92 Å². The van der Waals surface area contributed by atoms with Gasteiger partial charge in [0.15, 0.2) is 0 Å². The Bertz CT molecular complexity index is 1040. The standard InChI is InChI=1S/C25H28N2O4S/c1-3-24(28)26(15-20-5-4-13-30-20)16-25(29)27-12-10-23-21(11-14-32-23)22(27)17-31-19-8-6-18(2)7-9-19/h4-9,11,13-14,22H,3,10,12,15-17H2,1-2H3/t22-/m1/s1. The highest BCUT2D eigenvalue weighted by molar-refractivity contribution is 7.10. The summed E-state index contributed by atoms with van der Waals surface area (Å²) in [5.41, 5.74) is 2.31. The first-order valence-corrected chi connectivity index (χ1v) is 11.8. The number of carbonyl (C=O) groups is 2. The number of thiophene rings is 1. The fraction of sp³-hybridized carbons (Fsp3) is 0.360. The zero-order valence-corrected chi connectivity index (χ0v) is 19.3. The Morgan fingerprint density at radius 3 is 2.75 bits per heavy atom. The van der Waals surface area contributed by atoms with Crippen molar-refractivity contribution >= 4 is 23.2 Å². The number of nitrogens with zero attached hydrogens (tertiary/aromatic N) is 2. The van der Waals surface area contributed by atoms with E-state index in [1.807, 2.05) is 42.2 Å². The number of fused-ring (bicyclic) bond motifs is 1. The molecule has 1 aliphatic heterocycles. The molecule has 168 valence electrons. The van der Waals surface area contributed by atoms with Crippen molar-refractivity contribution in [1.82, 2.24) is 9.80 Å². The van der Waals surface area contributed by atoms with Crippen LogP contribution in [0.15, 0.2) is 58.5 Å². The normalized spacial score (nSPS) is 15.3. The van der Waals surface area contributed by atoms with Crippen molar-refractivity contribution in [1.29, 1.82) is 0 Å². The van der Waals surface area contributed by atoms with Crippen LogP contribution in [0.5, 0.6) is 5.75 Å². The Kier molecular flexibility index (Phi) is 6.95. The third kappa shape index (κ3) is 5.05. The molecule has 0 saturated carbocycles. The molecule has 1 aromatic carbocycles. The molecular weight excluding hydrogens is 424 g/mol. The molecule has 3 heterocycles. The quantitative estimate of drug-likeness (QED) is 0.501. The van der Waals surface area contributed by atoms with Crippen LogP contribution >= 0.6 is 11.3 Å². The fourth-order valence-corrected chi connectivity index (χ4v) is 4.91. The summed E-state index contributed by atoms with van der Waals surface area (Å²) in [7, 11) is 0. The number of hydrogen-bond donors (Lipinski definition) is 0. The zero-order valence-electron chi connectivity index (χ0n) is 18.5. The van der Waals surface area contributed by atoms with Gasteiger partial charge in [0.1, 0.15) is 24.7 Å². The second-order valence-corrected chi connectivity index (χ2v) is 8.96. The van der Waals surface area contributed by atoms with Gasteiger partial charge < -0.3 is 19.0 Å². The third-order valence-corrected chi connectivity index (χ3v) is 6.75. The Morgan fingerprint density at radius 2 is 2.03 bits per heavy atom. The second kappa shape index (κ2) is 10.0. The molecule has 4 rings (SSSR count). The molecule has 0 N–H and O–H groups in total. The lowest BCUT2D eigenvalue weighted by Crippen LogP contribution is -2.47. The van der Waals surface area contributed by atoms with Gasteiger partial charge in [-0.1, -0.05) is 24.6 Å². The van der Waals surface area contributed by atoms with Crippen molar-refractivity contribution in [3.63, 3.8) is 0 Å². The van der Waals surface area contributed by atoms with E-state index in [-0.39, 0.29) is 30.9 Å². The van der Waals surface area contributed by atoms with Crippen molar-refractivity contribution < 1.29 is 18.7 Å². The maximum atomic E-state index is 13.4. The molecule has 0 fully saturated rings. The lowest BCUT2D eigenvalue weighted by Gasteiger charge is -2.37.